The first-order chi connectivity index (χ1) is 14.9. The van der Waals surface area contributed by atoms with E-state index in [0.29, 0.717) is 22.1 Å². The third kappa shape index (κ3) is 4.16. The van der Waals surface area contributed by atoms with Crippen LogP contribution in [-0.4, -0.2) is 11.8 Å². The number of esters is 1. The summed E-state index contributed by atoms with van der Waals surface area (Å²) in [5.41, 5.74) is 2.26. The van der Waals surface area contributed by atoms with Crippen LogP contribution < -0.4 is 5.63 Å². The van der Waals surface area contributed by atoms with Crippen molar-refractivity contribution >= 4 is 22.7 Å². The van der Waals surface area contributed by atoms with Crippen molar-refractivity contribution in [2.24, 2.45) is 0 Å². The van der Waals surface area contributed by atoms with Gasteiger partial charge in [0.25, 0.3) is 0 Å². The van der Waals surface area contributed by atoms with Crippen LogP contribution in [0.15, 0.2) is 88.1 Å². The zero-order chi connectivity index (χ0) is 22.0. The maximum atomic E-state index is 13.3. The van der Waals surface area contributed by atoms with Gasteiger partial charge in [-0.25, -0.2) is 9.59 Å². The lowest BCUT2D eigenvalue weighted by molar-refractivity contribution is 0.0276. The minimum absolute atomic E-state index is 0.257. The van der Waals surface area contributed by atoms with Gasteiger partial charge in [-0.2, -0.15) is 0 Å². The van der Waals surface area contributed by atoms with Crippen LogP contribution in [0.25, 0.3) is 11.0 Å². The second-order valence-corrected chi connectivity index (χ2v) is 7.34. The van der Waals surface area contributed by atoms with E-state index in [2.05, 4.69) is 0 Å². The molecule has 1 aromatic heterocycles. The summed E-state index contributed by atoms with van der Waals surface area (Å²) in [6.45, 7) is 3.87. The van der Waals surface area contributed by atoms with E-state index >= 15 is 0 Å². The van der Waals surface area contributed by atoms with Crippen molar-refractivity contribution in [3.63, 3.8) is 0 Å². The summed E-state index contributed by atoms with van der Waals surface area (Å²) >= 11 is 0. The number of fused-ring (bicyclic) bond motifs is 1. The molecule has 31 heavy (non-hydrogen) atoms. The highest BCUT2D eigenvalue weighted by Crippen LogP contribution is 2.25. The van der Waals surface area contributed by atoms with Crippen molar-refractivity contribution in [3.8, 4) is 0 Å². The van der Waals surface area contributed by atoms with E-state index in [4.69, 9.17) is 9.15 Å². The fraction of sp³-hybridized carbons (Fsp3) is 0.115. The molecule has 1 heterocycles. The number of hydrogen-bond acceptors (Lipinski definition) is 5. The van der Waals surface area contributed by atoms with Crippen LogP contribution in [0.2, 0.25) is 0 Å². The molecule has 0 aliphatic heterocycles. The Bertz CT molecular complexity index is 1340. The van der Waals surface area contributed by atoms with Gasteiger partial charge in [0, 0.05) is 16.5 Å². The summed E-state index contributed by atoms with van der Waals surface area (Å²) < 4.78 is 10.8. The van der Waals surface area contributed by atoms with Crippen LogP contribution >= 0.6 is 0 Å². The molecule has 0 saturated carbocycles. The fourth-order valence-corrected chi connectivity index (χ4v) is 3.32. The Morgan fingerprint density at radius 2 is 1.55 bits per heavy atom. The molecule has 0 amide bonds. The molecule has 0 bridgehead atoms. The first-order valence-corrected chi connectivity index (χ1v) is 9.84. The summed E-state index contributed by atoms with van der Waals surface area (Å²) in [7, 11) is 0. The van der Waals surface area contributed by atoms with Crippen LogP contribution in [0.4, 0.5) is 0 Å². The van der Waals surface area contributed by atoms with Gasteiger partial charge in [-0.15, -0.1) is 0 Å². The third-order valence-electron chi connectivity index (χ3n) is 5.22. The molecule has 0 aliphatic carbocycles. The summed E-state index contributed by atoms with van der Waals surface area (Å²) in [6, 6.07) is 22.4. The van der Waals surface area contributed by atoms with E-state index in [1.807, 2.05) is 19.9 Å². The Kier molecular flexibility index (Phi) is 5.50. The topological polar surface area (TPSA) is 73.6 Å². The molecule has 3 aromatic carbocycles. The number of para-hydroxylation sites is 1. The van der Waals surface area contributed by atoms with Crippen LogP contribution in [0.3, 0.4) is 0 Å². The maximum absolute atomic E-state index is 13.3. The number of aryl methyl sites for hydroxylation is 2. The number of rotatable bonds is 5. The Balaban J connectivity index is 1.72. The Morgan fingerprint density at radius 1 is 0.839 bits per heavy atom. The molecule has 1 atom stereocenters. The molecule has 0 spiro atoms. The fourth-order valence-electron chi connectivity index (χ4n) is 3.32. The van der Waals surface area contributed by atoms with Crippen LogP contribution in [-0.2, 0) is 4.74 Å². The number of carbonyl (C=O) groups excluding carboxylic acids is 2. The standard InChI is InChI=1S/C26H20O5/c1-16-12-13-20(14-17(16)2)23(27)24(18-8-4-3-5-9-18)31-26(29)21-15-19-10-6-7-11-22(19)30-25(21)28/h3-15,24H,1-2H3/t24-/m1/s1. The van der Waals surface area contributed by atoms with Crippen molar-refractivity contribution in [1.29, 1.82) is 0 Å². The molecule has 0 fully saturated rings. The molecule has 154 valence electrons. The normalized spacial score (nSPS) is 11.8. The smallest absolute Gasteiger partial charge is 0.351 e. The molecule has 0 radical (unpaired) electrons. The maximum Gasteiger partial charge on any atom is 0.351 e. The second-order valence-electron chi connectivity index (χ2n) is 7.34. The van der Waals surface area contributed by atoms with E-state index in [-0.39, 0.29) is 11.3 Å². The average molecular weight is 412 g/mol. The lowest BCUT2D eigenvalue weighted by Gasteiger charge is -2.18. The highest BCUT2D eigenvalue weighted by Gasteiger charge is 2.28. The average Bonchev–Trinajstić information content (AvgIpc) is 2.78. The number of ketones is 1. The van der Waals surface area contributed by atoms with Gasteiger partial charge in [-0.1, -0.05) is 60.7 Å². The molecule has 5 nitrogen and oxygen atoms in total. The Hall–Kier alpha value is -3.99. The number of hydrogen-bond donors (Lipinski definition) is 0. The highest BCUT2D eigenvalue weighted by molar-refractivity contribution is 6.02. The molecule has 0 aliphatic rings. The van der Waals surface area contributed by atoms with Crippen LogP contribution in [0, 0.1) is 13.8 Å². The lowest BCUT2D eigenvalue weighted by atomic mass is 9.97. The Labute approximate surface area is 178 Å². The van der Waals surface area contributed by atoms with Gasteiger partial charge in [0.15, 0.2) is 6.10 Å². The largest absolute Gasteiger partial charge is 0.445 e. The first kappa shape index (κ1) is 20.3. The van der Waals surface area contributed by atoms with E-state index < -0.39 is 17.7 Å². The molecule has 0 N–H and O–H groups in total. The highest BCUT2D eigenvalue weighted by atomic mass is 16.5. The summed E-state index contributed by atoms with van der Waals surface area (Å²) in [5, 5.41) is 0.589. The van der Waals surface area contributed by atoms with Gasteiger partial charge in [0.1, 0.15) is 11.1 Å². The molecular weight excluding hydrogens is 392 g/mol. The number of benzene rings is 3. The first-order valence-electron chi connectivity index (χ1n) is 9.84. The van der Waals surface area contributed by atoms with Gasteiger partial charge in [-0.05, 0) is 43.2 Å². The van der Waals surface area contributed by atoms with E-state index in [1.165, 1.54) is 6.07 Å². The van der Waals surface area contributed by atoms with Gasteiger partial charge in [0.05, 0.1) is 0 Å². The van der Waals surface area contributed by atoms with Gasteiger partial charge >= 0.3 is 11.6 Å². The zero-order valence-corrected chi connectivity index (χ0v) is 17.1. The summed E-state index contributed by atoms with van der Waals surface area (Å²) in [4.78, 5) is 38.6. The second kappa shape index (κ2) is 8.40. The summed E-state index contributed by atoms with van der Waals surface area (Å²) in [6.07, 6.45) is -1.19. The zero-order valence-electron chi connectivity index (χ0n) is 17.1. The van der Waals surface area contributed by atoms with Crippen molar-refractivity contribution in [2.75, 3.05) is 0 Å². The molecule has 0 saturated heterocycles. The SMILES string of the molecule is Cc1ccc(C(=O)[C@H](OC(=O)c2cc3ccccc3oc2=O)c2ccccc2)cc1C. The molecular formula is C26H20O5. The van der Waals surface area contributed by atoms with E-state index in [9.17, 15) is 14.4 Å². The molecule has 5 heteroatoms. The monoisotopic (exact) mass is 412 g/mol. The predicted molar refractivity (Wildman–Crippen MR) is 117 cm³/mol. The quantitative estimate of drug-likeness (QED) is 0.256. The van der Waals surface area contributed by atoms with Crippen molar-refractivity contribution in [2.45, 2.75) is 20.0 Å². The van der Waals surface area contributed by atoms with Gasteiger partial charge in [0.2, 0.25) is 5.78 Å². The van der Waals surface area contributed by atoms with Crippen molar-refractivity contribution in [3.05, 3.63) is 117 Å². The van der Waals surface area contributed by atoms with Crippen molar-refractivity contribution < 1.29 is 18.7 Å². The number of ether oxygens (including phenoxy) is 1. The van der Waals surface area contributed by atoms with E-state index in [0.717, 1.165) is 11.1 Å². The number of carbonyl (C=O) groups is 2. The summed E-state index contributed by atoms with van der Waals surface area (Å²) in [5.74, 6) is -1.28. The number of Topliss-reactive ketones (excluding diaryl/α,β-unsaturated/α-hetero) is 1. The molecule has 4 rings (SSSR count). The van der Waals surface area contributed by atoms with Gasteiger partial charge < -0.3 is 9.15 Å². The minimum atomic E-state index is -1.19. The van der Waals surface area contributed by atoms with Gasteiger partial charge in [-0.3, -0.25) is 4.79 Å². The lowest BCUT2D eigenvalue weighted by Crippen LogP contribution is -2.23. The van der Waals surface area contributed by atoms with Crippen LogP contribution in [0.5, 0.6) is 0 Å². The minimum Gasteiger partial charge on any atom is -0.445 e. The van der Waals surface area contributed by atoms with Crippen LogP contribution in [0.1, 0.15) is 43.5 Å². The molecule has 4 aromatic rings. The third-order valence-corrected chi connectivity index (χ3v) is 5.22. The van der Waals surface area contributed by atoms with E-state index in [1.54, 1.807) is 66.7 Å². The Morgan fingerprint density at radius 3 is 2.29 bits per heavy atom. The van der Waals surface area contributed by atoms with Crippen molar-refractivity contribution in [1.82, 2.24) is 0 Å². The molecule has 0 unspecified atom stereocenters. The predicted octanol–water partition coefficient (Wildman–Crippen LogP) is 5.19.